The standard InChI is InChI=1S/C65H108O6/c1-4-7-10-13-16-19-22-25-28-31-33-35-37-40-43-46-49-52-55-58-64(67)70-61-62(60-69-63(66)57-54-51-48-45-42-39-36-30-27-24-21-18-15-12-9-6-3)71-65(68)59-56-53-50-47-44-41-38-34-32-29-26-23-20-17-14-11-8-5-2/h7,9-10,12,16,18-19,21,25,27-30,32-35,38,62H,4-6,8,11,13-15,17,20,22-24,26,31,36-37,39-61H2,1-3H3/b10-7-,12-9-,19-16-,21-18-,28-25-,30-27-,32-29-,35-33-,38-34-. The van der Waals surface area contributed by atoms with Crippen LogP contribution in [-0.2, 0) is 28.6 Å². The highest BCUT2D eigenvalue weighted by Crippen LogP contribution is 2.14. The highest BCUT2D eigenvalue weighted by Gasteiger charge is 2.19. The topological polar surface area (TPSA) is 78.9 Å². The van der Waals surface area contributed by atoms with E-state index in [4.69, 9.17) is 14.2 Å². The zero-order chi connectivity index (χ0) is 51.4. The molecular weight excluding hydrogens is 877 g/mol. The van der Waals surface area contributed by atoms with Gasteiger partial charge in [0.1, 0.15) is 13.2 Å². The van der Waals surface area contributed by atoms with Gasteiger partial charge in [-0.3, -0.25) is 14.4 Å². The molecule has 0 aromatic carbocycles. The number of rotatable bonds is 52. The second kappa shape index (κ2) is 58.6. The number of allylic oxidation sites excluding steroid dienone is 18. The van der Waals surface area contributed by atoms with Crippen LogP contribution < -0.4 is 0 Å². The van der Waals surface area contributed by atoms with Crippen molar-refractivity contribution >= 4 is 17.9 Å². The lowest BCUT2D eigenvalue weighted by molar-refractivity contribution is -0.167. The molecule has 1 atom stereocenters. The van der Waals surface area contributed by atoms with Crippen LogP contribution in [0.2, 0.25) is 0 Å². The second-order valence-electron chi connectivity index (χ2n) is 19.2. The molecule has 6 heteroatoms. The minimum absolute atomic E-state index is 0.0974. The van der Waals surface area contributed by atoms with Crippen molar-refractivity contribution in [3.05, 3.63) is 109 Å². The summed E-state index contributed by atoms with van der Waals surface area (Å²) in [5.74, 6) is -0.936. The molecule has 0 N–H and O–H groups in total. The van der Waals surface area contributed by atoms with Gasteiger partial charge in [0.15, 0.2) is 6.10 Å². The van der Waals surface area contributed by atoms with E-state index in [0.717, 1.165) is 148 Å². The van der Waals surface area contributed by atoms with Crippen LogP contribution in [0.3, 0.4) is 0 Å². The largest absolute Gasteiger partial charge is 0.462 e. The lowest BCUT2D eigenvalue weighted by atomic mass is 10.1. The van der Waals surface area contributed by atoms with E-state index in [0.29, 0.717) is 19.3 Å². The van der Waals surface area contributed by atoms with Gasteiger partial charge in [0, 0.05) is 19.3 Å². The average Bonchev–Trinajstić information content (AvgIpc) is 3.37. The molecular formula is C65H108O6. The van der Waals surface area contributed by atoms with Crippen molar-refractivity contribution in [2.24, 2.45) is 0 Å². The zero-order valence-corrected chi connectivity index (χ0v) is 46.2. The summed E-state index contributed by atoms with van der Waals surface area (Å²) in [5.41, 5.74) is 0. The van der Waals surface area contributed by atoms with Crippen molar-refractivity contribution in [2.75, 3.05) is 13.2 Å². The van der Waals surface area contributed by atoms with Crippen molar-refractivity contribution < 1.29 is 28.6 Å². The maximum atomic E-state index is 12.9. The van der Waals surface area contributed by atoms with Crippen molar-refractivity contribution in [2.45, 2.75) is 271 Å². The van der Waals surface area contributed by atoms with Gasteiger partial charge < -0.3 is 14.2 Å². The van der Waals surface area contributed by atoms with Crippen LogP contribution in [0.5, 0.6) is 0 Å². The fourth-order valence-corrected chi connectivity index (χ4v) is 7.91. The Morgan fingerprint density at radius 1 is 0.310 bits per heavy atom. The van der Waals surface area contributed by atoms with Crippen LogP contribution in [-0.4, -0.2) is 37.2 Å². The summed E-state index contributed by atoms with van der Waals surface area (Å²) >= 11 is 0. The van der Waals surface area contributed by atoms with Crippen molar-refractivity contribution in [1.29, 1.82) is 0 Å². The van der Waals surface area contributed by atoms with Gasteiger partial charge in [-0.1, -0.05) is 239 Å². The Morgan fingerprint density at radius 2 is 0.592 bits per heavy atom. The summed E-state index contributed by atoms with van der Waals surface area (Å²) < 4.78 is 16.9. The van der Waals surface area contributed by atoms with Gasteiger partial charge in [0.05, 0.1) is 0 Å². The van der Waals surface area contributed by atoms with Gasteiger partial charge in [0.2, 0.25) is 0 Å². The molecule has 0 aliphatic heterocycles. The Kier molecular flexibility index (Phi) is 55.4. The second-order valence-corrected chi connectivity index (χ2v) is 19.2. The number of esters is 3. The van der Waals surface area contributed by atoms with Gasteiger partial charge in [-0.05, 0) is 116 Å². The molecule has 0 fully saturated rings. The van der Waals surface area contributed by atoms with E-state index in [1.807, 2.05) is 0 Å². The fourth-order valence-electron chi connectivity index (χ4n) is 7.91. The first kappa shape index (κ1) is 67.1. The molecule has 0 heterocycles. The number of unbranched alkanes of at least 4 members (excludes halogenated alkanes) is 24. The molecule has 0 aromatic heterocycles. The molecule has 0 saturated heterocycles. The smallest absolute Gasteiger partial charge is 0.306 e. The SMILES string of the molecule is CC/C=C\C/C=C\C/C=C\C/C=C\CCCCCCCCC(=O)OCC(COC(=O)CCCCCCCC/C=C\C/C=C\C/C=C\CC)OC(=O)CCCCCCC/C=C\C=C/CCCCCCCCC. The summed E-state index contributed by atoms with van der Waals surface area (Å²) in [6.45, 7) is 6.38. The Bertz CT molecular complexity index is 1460. The van der Waals surface area contributed by atoms with Gasteiger partial charge >= 0.3 is 17.9 Å². The number of carbonyl (C=O) groups excluding carboxylic acids is 3. The van der Waals surface area contributed by atoms with E-state index < -0.39 is 6.10 Å². The Morgan fingerprint density at radius 3 is 0.944 bits per heavy atom. The van der Waals surface area contributed by atoms with E-state index in [1.165, 1.54) is 77.0 Å². The summed E-state index contributed by atoms with van der Waals surface area (Å²) in [5, 5.41) is 0. The minimum atomic E-state index is -0.801. The molecule has 0 saturated carbocycles. The summed E-state index contributed by atoms with van der Waals surface area (Å²) in [6.07, 6.45) is 79.3. The normalized spacial score (nSPS) is 12.9. The quantitative estimate of drug-likeness (QED) is 0.0199. The Balaban J connectivity index is 4.47. The van der Waals surface area contributed by atoms with Crippen molar-refractivity contribution in [1.82, 2.24) is 0 Å². The molecule has 0 aliphatic rings. The number of hydrogen-bond acceptors (Lipinski definition) is 6. The van der Waals surface area contributed by atoms with Crippen LogP contribution in [0.25, 0.3) is 0 Å². The summed E-state index contributed by atoms with van der Waals surface area (Å²) in [6, 6.07) is 0. The monoisotopic (exact) mass is 985 g/mol. The highest BCUT2D eigenvalue weighted by atomic mass is 16.6. The van der Waals surface area contributed by atoms with Crippen LogP contribution in [0, 0.1) is 0 Å². The first-order chi connectivity index (χ1) is 35.0. The maximum absolute atomic E-state index is 12.9. The van der Waals surface area contributed by atoms with Crippen LogP contribution >= 0.6 is 0 Å². The maximum Gasteiger partial charge on any atom is 0.306 e. The molecule has 71 heavy (non-hydrogen) atoms. The third kappa shape index (κ3) is 56.9. The third-order valence-electron chi connectivity index (χ3n) is 12.3. The number of carbonyl (C=O) groups is 3. The highest BCUT2D eigenvalue weighted by molar-refractivity contribution is 5.71. The van der Waals surface area contributed by atoms with E-state index in [1.54, 1.807) is 0 Å². The van der Waals surface area contributed by atoms with E-state index in [-0.39, 0.29) is 31.1 Å². The first-order valence-corrected chi connectivity index (χ1v) is 29.4. The van der Waals surface area contributed by atoms with Gasteiger partial charge in [-0.25, -0.2) is 0 Å². The van der Waals surface area contributed by atoms with E-state index >= 15 is 0 Å². The molecule has 0 radical (unpaired) electrons. The van der Waals surface area contributed by atoms with Crippen molar-refractivity contribution in [3.63, 3.8) is 0 Å². The molecule has 0 spiro atoms. The average molecular weight is 986 g/mol. The third-order valence-corrected chi connectivity index (χ3v) is 12.3. The van der Waals surface area contributed by atoms with Gasteiger partial charge in [0.25, 0.3) is 0 Å². The fraction of sp³-hybridized carbons (Fsp3) is 0.677. The number of ether oxygens (including phenoxy) is 3. The molecule has 0 amide bonds. The zero-order valence-electron chi connectivity index (χ0n) is 46.2. The Labute approximate surface area is 438 Å². The summed E-state index contributed by atoms with van der Waals surface area (Å²) in [7, 11) is 0. The molecule has 404 valence electrons. The lowest BCUT2D eigenvalue weighted by Crippen LogP contribution is -2.30. The molecule has 0 aliphatic carbocycles. The van der Waals surface area contributed by atoms with Gasteiger partial charge in [-0.15, -0.1) is 0 Å². The molecule has 0 aromatic rings. The van der Waals surface area contributed by atoms with Crippen LogP contribution in [0.4, 0.5) is 0 Å². The summed E-state index contributed by atoms with van der Waals surface area (Å²) in [4.78, 5) is 38.2. The lowest BCUT2D eigenvalue weighted by Gasteiger charge is -2.18. The predicted octanol–water partition coefficient (Wildman–Crippen LogP) is 19.9. The van der Waals surface area contributed by atoms with Crippen LogP contribution in [0.15, 0.2) is 109 Å². The van der Waals surface area contributed by atoms with Crippen LogP contribution in [0.1, 0.15) is 265 Å². The van der Waals surface area contributed by atoms with Crippen molar-refractivity contribution in [3.8, 4) is 0 Å². The predicted molar refractivity (Wildman–Crippen MR) is 307 cm³/mol. The molecule has 0 rings (SSSR count). The van der Waals surface area contributed by atoms with E-state index in [2.05, 4.69) is 130 Å². The molecule has 6 nitrogen and oxygen atoms in total. The molecule has 1 unspecified atom stereocenters. The molecule has 0 bridgehead atoms. The Hall–Kier alpha value is -3.93. The number of hydrogen-bond donors (Lipinski definition) is 0. The van der Waals surface area contributed by atoms with E-state index in [9.17, 15) is 14.4 Å². The first-order valence-electron chi connectivity index (χ1n) is 29.4. The van der Waals surface area contributed by atoms with Gasteiger partial charge in [-0.2, -0.15) is 0 Å². The minimum Gasteiger partial charge on any atom is -0.462 e.